The fraction of sp³-hybridized carbons (Fsp3) is 0.333. The van der Waals surface area contributed by atoms with E-state index in [0.717, 1.165) is 6.07 Å². The molecule has 0 aliphatic rings. The van der Waals surface area contributed by atoms with Gasteiger partial charge < -0.3 is 10.1 Å². The van der Waals surface area contributed by atoms with Gasteiger partial charge in [0.25, 0.3) is 5.91 Å². The SMILES string of the molecule is CCNC(=O)COc1ccc(C=O)cc1C(F)(F)F. The lowest BCUT2D eigenvalue weighted by Crippen LogP contribution is -2.28. The van der Waals surface area contributed by atoms with Crippen molar-refractivity contribution < 1.29 is 27.5 Å². The lowest BCUT2D eigenvalue weighted by molar-refractivity contribution is -0.139. The first-order valence-corrected chi connectivity index (χ1v) is 5.44. The Morgan fingerprint density at radius 3 is 2.63 bits per heavy atom. The van der Waals surface area contributed by atoms with Crippen LogP contribution in [-0.4, -0.2) is 25.3 Å². The summed E-state index contributed by atoms with van der Waals surface area (Å²) in [5.41, 5.74) is -1.20. The highest BCUT2D eigenvalue weighted by Crippen LogP contribution is 2.36. The molecule has 19 heavy (non-hydrogen) atoms. The minimum absolute atomic E-state index is 0.113. The fourth-order valence-electron chi connectivity index (χ4n) is 1.36. The van der Waals surface area contributed by atoms with E-state index >= 15 is 0 Å². The van der Waals surface area contributed by atoms with E-state index in [1.54, 1.807) is 6.92 Å². The maximum absolute atomic E-state index is 12.7. The van der Waals surface area contributed by atoms with E-state index in [4.69, 9.17) is 4.74 Å². The number of ether oxygens (including phenoxy) is 1. The monoisotopic (exact) mass is 275 g/mol. The highest BCUT2D eigenvalue weighted by Gasteiger charge is 2.34. The number of rotatable bonds is 5. The zero-order valence-corrected chi connectivity index (χ0v) is 10.1. The Bertz CT molecular complexity index is 472. The molecule has 0 fully saturated rings. The lowest BCUT2D eigenvalue weighted by Gasteiger charge is -2.14. The van der Waals surface area contributed by atoms with Crippen LogP contribution < -0.4 is 10.1 Å². The second-order valence-electron chi connectivity index (χ2n) is 3.61. The van der Waals surface area contributed by atoms with Crippen molar-refractivity contribution in [2.24, 2.45) is 0 Å². The first kappa shape index (κ1) is 15.0. The number of benzene rings is 1. The third-order valence-corrected chi connectivity index (χ3v) is 2.18. The van der Waals surface area contributed by atoms with E-state index in [0.29, 0.717) is 18.9 Å². The van der Waals surface area contributed by atoms with E-state index < -0.39 is 30.0 Å². The van der Waals surface area contributed by atoms with Gasteiger partial charge in [-0.25, -0.2) is 0 Å². The Morgan fingerprint density at radius 1 is 1.42 bits per heavy atom. The van der Waals surface area contributed by atoms with Gasteiger partial charge in [0.15, 0.2) is 6.61 Å². The summed E-state index contributed by atoms with van der Waals surface area (Å²) in [6.45, 7) is 1.52. The molecule has 0 bridgehead atoms. The largest absolute Gasteiger partial charge is 0.483 e. The lowest BCUT2D eigenvalue weighted by atomic mass is 10.1. The highest BCUT2D eigenvalue weighted by atomic mass is 19.4. The number of carbonyl (C=O) groups is 2. The molecule has 104 valence electrons. The molecule has 0 aliphatic heterocycles. The molecule has 0 atom stereocenters. The van der Waals surface area contributed by atoms with Crippen LogP contribution in [0.15, 0.2) is 18.2 Å². The maximum atomic E-state index is 12.7. The van der Waals surface area contributed by atoms with Crippen LogP contribution in [0.5, 0.6) is 5.75 Å². The van der Waals surface area contributed by atoms with Gasteiger partial charge in [-0.2, -0.15) is 13.2 Å². The predicted octanol–water partition coefficient (Wildman–Crippen LogP) is 2.03. The second kappa shape index (κ2) is 6.21. The molecule has 0 spiro atoms. The average Bonchev–Trinajstić information content (AvgIpc) is 2.35. The third-order valence-electron chi connectivity index (χ3n) is 2.18. The molecule has 0 heterocycles. The summed E-state index contributed by atoms with van der Waals surface area (Å²) < 4.78 is 43.1. The Kier molecular flexibility index (Phi) is 4.91. The average molecular weight is 275 g/mol. The van der Waals surface area contributed by atoms with Gasteiger partial charge in [0.2, 0.25) is 0 Å². The van der Waals surface area contributed by atoms with Gasteiger partial charge in [0, 0.05) is 12.1 Å². The zero-order chi connectivity index (χ0) is 14.5. The van der Waals surface area contributed by atoms with Crippen LogP contribution in [0.3, 0.4) is 0 Å². The number of hydrogen-bond acceptors (Lipinski definition) is 3. The number of carbonyl (C=O) groups excluding carboxylic acids is 2. The first-order valence-electron chi connectivity index (χ1n) is 5.44. The molecule has 4 nitrogen and oxygen atoms in total. The zero-order valence-electron chi connectivity index (χ0n) is 10.1. The molecule has 1 aromatic carbocycles. The molecule has 0 aromatic heterocycles. The summed E-state index contributed by atoms with van der Waals surface area (Å²) in [7, 11) is 0. The standard InChI is InChI=1S/C12H12F3NO3/c1-2-16-11(18)7-19-10-4-3-8(6-17)5-9(10)12(13,14)15/h3-6H,2,7H2,1H3,(H,16,18). The van der Waals surface area contributed by atoms with Crippen molar-refractivity contribution in [2.45, 2.75) is 13.1 Å². The molecule has 7 heteroatoms. The molecule has 0 aliphatic carbocycles. The molecule has 1 aromatic rings. The molecule has 1 rings (SSSR count). The van der Waals surface area contributed by atoms with Gasteiger partial charge in [-0.15, -0.1) is 0 Å². The third kappa shape index (κ3) is 4.27. The number of halogens is 3. The highest BCUT2D eigenvalue weighted by molar-refractivity contribution is 5.78. The van der Waals surface area contributed by atoms with E-state index in [1.807, 2.05) is 0 Å². The van der Waals surface area contributed by atoms with Gasteiger partial charge in [-0.05, 0) is 25.1 Å². The van der Waals surface area contributed by atoms with Crippen molar-refractivity contribution in [1.82, 2.24) is 5.32 Å². The van der Waals surface area contributed by atoms with E-state index in [2.05, 4.69) is 5.32 Å². The maximum Gasteiger partial charge on any atom is 0.419 e. The van der Waals surface area contributed by atoms with Crippen LogP contribution in [-0.2, 0) is 11.0 Å². The van der Waals surface area contributed by atoms with Gasteiger partial charge in [0.1, 0.15) is 12.0 Å². The van der Waals surface area contributed by atoms with Gasteiger partial charge >= 0.3 is 6.18 Å². The van der Waals surface area contributed by atoms with Crippen molar-refractivity contribution in [3.8, 4) is 5.75 Å². The van der Waals surface area contributed by atoms with E-state index in [1.165, 1.54) is 6.07 Å². The summed E-state index contributed by atoms with van der Waals surface area (Å²) in [5, 5.41) is 2.40. The number of likely N-dealkylation sites (N-methyl/N-ethyl adjacent to an activating group) is 1. The van der Waals surface area contributed by atoms with Crippen LogP contribution >= 0.6 is 0 Å². The smallest absolute Gasteiger partial charge is 0.419 e. The molecular formula is C12H12F3NO3. The van der Waals surface area contributed by atoms with Gasteiger partial charge in [0.05, 0.1) is 5.56 Å². The summed E-state index contributed by atoms with van der Waals surface area (Å²) >= 11 is 0. The summed E-state index contributed by atoms with van der Waals surface area (Å²) in [4.78, 5) is 21.6. The summed E-state index contributed by atoms with van der Waals surface area (Å²) in [5.74, 6) is -1.00. The van der Waals surface area contributed by atoms with Crippen molar-refractivity contribution in [1.29, 1.82) is 0 Å². The summed E-state index contributed by atoms with van der Waals surface area (Å²) in [6.07, 6.45) is -4.35. The molecule has 0 unspecified atom stereocenters. The van der Waals surface area contributed by atoms with Crippen LogP contribution in [0.2, 0.25) is 0 Å². The first-order chi connectivity index (χ1) is 8.88. The van der Waals surface area contributed by atoms with E-state index in [9.17, 15) is 22.8 Å². The molecule has 1 N–H and O–H groups in total. The van der Waals surface area contributed by atoms with Gasteiger partial charge in [-0.3, -0.25) is 9.59 Å². The van der Waals surface area contributed by atoms with Crippen molar-refractivity contribution in [3.63, 3.8) is 0 Å². The number of nitrogens with one attached hydrogen (secondary N) is 1. The van der Waals surface area contributed by atoms with Crippen LogP contribution in [0, 0.1) is 0 Å². The molecule has 0 radical (unpaired) electrons. The van der Waals surface area contributed by atoms with Gasteiger partial charge in [-0.1, -0.05) is 0 Å². The van der Waals surface area contributed by atoms with E-state index in [-0.39, 0.29) is 5.56 Å². The Hall–Kier alpha value is -2.05. The molecule has 0 saturated carbocycles. The van der Waals surface area contributed by atoms with Crippen LogP contribution in [0.4, 0.5) is 13.2 Å². The topological polar surface area (TPSA) is 55.4 Å². The quantitative estimate of drug-likeness (QED) is 0.836. The number of hydrogen-bond donors (Lipinski definition) is 1. The van der Waals surface area contributed by atoms with Crippen LogP contribution in [0.1, 0.15) is 22.8 Å². The number of alkyl halides is 3. The number of amides is 1. The molecule has 1 amide bonds. The fourth-order valence-corrected chi connectivity index (χ4v) is 1.36. The minimum Gasteiger partial charge on any atom is -0.483 e. The number of aldehydes is 1. The Labute approximate surface area is 107 Å². The van der Waals surface area contributed by atoms with Crippen LogP contribution in [0.25, 0.3) is 0 Å². The Balaban J connectivity index is 2.94. The van der Waals surface area contributed by atoms with Crippen molar-refractivity contribution in [2.75, 3.05) is 13.2 Å². The van der Waals surface area contributed by atoms with Crippen molar-refractivity contribution >= 4 is 12.2 Å². The predicted molar refractivity (Wildman–Crippen MR) is 61.0 cm³/mol. The second-order valence-corrected chi connectivity index (χ2v) is 3.61. The molecular weight excluding hydrogens is 263 g/mol. The Morgan fingerprint density at radius 2 is 2.11 bits per heavy atom. The normalized spacial score (nSPS) is 10.9. The molecule has 0 saturated heterocycles. The summed E-state index contributed by atoms with van der Waals surface area (Å²) in [6, 6.07) is 2.89. The minimum atomic E-state index is -4.66. The van der Waals surface area contributed by atoms with Crippen molar-refractivity contribution in [3.05, 3.63) is 29.3 Å².